The zero-order valence-electron chi connectivity index (χ0n) is 13.1. The van der Waals surface area contributed by atoms with Crippen LogP contribution in [0, 0.1) is 6.92 Å². The molecule has 1 aromatic carbocycles. The van der Waals surface area contributed by atoms with Gasteiger partial charge in [0.1, 0.15) is 5.75 Å². The highest BCUT2D eigenvalue weighted by atomic mass is 32.2. The van der Waals surface area contributed by atoms with Crippen LogP contribution in [0.5, 0.6) is 5.75 Å². The highest BCUT2D eigenvalue weighted by Crippen LogP contribution is 2.24. The average Bonchev–Trinajstić information content (AvgIpc) is 2.82. The molecule has 1 heterocycles. The molecule has 1 fully saturated rings. The fourth-order valence-corrected chi connectivity index (χ4v) is 4.37. The first kappa shape index (κ1) is 17.3. The second kappa shape index (κ2) is 6.57. The smallest absolute Gasteiger partial charge is 0.314 e. The molecule has 1 saturated heterocycles. The van der Waals surface area contributed by atoms with Crippen LogP contribution in [-0.4, -0.2) is 54.3 Å². The van der Waals surface area contributed by atoms with Gasteiger partial charge in [-0.25, -0.2) is 8.42 Å². The van der Waals surface area contributed by atoms with E-state index in [-0.39, 0.29) is 29.5 Å². The summed E-state index contributed by atoms with van der Waals surface area (Å²) in [6.45, 7) is 3.72. The summed E-state index contributed by atoms with van der Waals surface area (Å²) in [6.07, 6.45) is 0.338. The second-order valence-electron chi connectivity index (χ2n) is 5.62. The number of sulfone groups is 1. The number of nitrogens with zero attached hydrogens (tertiary/aromatic N) is 1. The average molecular weight is 340 g/mol. The maximum Gasteiger partial charge on any atom is 0.314 e. The van der Waals surface area contributed by atoms with Crippen LogP contribution in [0.3, 0.4) is 0 Å². The number of benzene rings is 1. The summed E-state index contributed by atoms with van der Waals surface area (Å²) in [5.74, 6) is -1.90. The van der Waals surface area contributed by atoms with E-state index in [1.54, 1.807) is 19.9 Å². The highest BCUT2D eigenvalue weighted by molar-refractivity contribution is 7.91. The largest absolute Gasteiger partial charge is 0.506 e. The lowest BCUT2D eigenvalue weighted by Gasteiger charge is -2.26. The third kappa shape index (κ3) is 4.01. The van der Waals surface area contributed by atoms with Gasteiger partial charge in [-0.15, -0.1) is 0 Å². The van der Waals surface area contributed by atoms with Gasteiger partial charge >= 0.3 is 11.8 Å². The molecule has 1 aromatic rings. The Labute approximate surface area is 135 Å². The number of anilines is 1. The third-order valence-corrected chi connectivity index (χ3v) is 5.60. The normalized spacial score (nSPS) is 19.3. The van der Waals surface area contributed by atoms with E-state index in [1.807, 2.05) is 0 Å². The molecular weight excluding hydrogens is 320 g/mol. The van der Waals surface area contributed by atoms with Crippen molar-refractivity contribution in [2.45, 2.75) is 26.3 Å². The number of aryl methyl sites for hydroxylation is 1. The minimum absolute atomic E-state index is 0.0296. The van der Waals surface area contributed by atoms with E-state index in [9.17, 15) is 23.1 Å². The van der Waals surface area contributed by atoms with Crippen molar-refractivity contribution in [1.82, 2.24) is 4.90 Å². The van der Waals surface area contributed by atoms with Gasteiger partial charge in [-0.1, -0.05) is 6.07 Å². The molecule has 2 rings (SSSR count). The molecule has 0 spiro atoms. The molecule has 0 aliphatic carbocycles. The van der Waals surface area contributed by atoms with Crippen molar-refractivity contribution in [1.29, 1.82) is 0 Å². The van der Waals surface area contributed by atoms with Crippen LogP contribution in [0.25, 0.3) is 0 Å². The number of likely N-dealkylation sites (N-methyl/N-ethyl adjacent to an activating group) is 1. The number of hydrogen-bond donors (Lipinski definition) is 2. The van der Waals surface area contributed by atoms with Crippen molar-refractivity contribution >= 4 is 27.3 Å². The minimum Gasteiger partial charge on any atom is -0.506 e. The lowest BCUT2D eigenvalue weighted by atomic mass is 10.2. The van der Waals surface area contributed by atoms with E-state index in [1.165, 1.54) is 17.0 Å². The van der Waals surface area contributed by atoms with Gasteiger partial charge < -0.3 is 15.3 Å². The molecule has 1 aliphatic heterocycles. The number of amides is 2. The fraction of sp³-hybridized carbons (Fsp3) is 0.467. The molecular formula is C15H20N2O5S. The molecule has 0 bridgehead atoms. The van der Waals surface area contributed by atoms with Gasteiger partial charge in [-0.2, -0.15) is 0 Å². The summed E-state index contributed by atoms with van der Waals surface area (Å²) in [5, 5.41) is 12.1. The molecule has 23 heavy (non-hydrogen) atoms. The van der Waals surface area contributed by atoms with Crippen LogP contribution >= 0.6 is 0 Å². The molecule has 0 aromatic heterocycles. The summed E-state index contributed by atoms with van der Waals surface area (Å²) in [5.41, 5.74) is 0.960. The van der Waals surface area contributed by atoms with Gasteiger partial charge in [0.25, 0.3) is 0 Å². The van der Waals surface area contributed by atoms with Crippen molar-refractivity contribution in [3.8, 4) is 5.75 Å². The van der Waals surface area contributed by atoms with Crippen LogP contribution < -0.4 is 5.32 Å². The Morgan fingerprint density at radius 3 is 2.61 bits per heavy atom. The first-order valence-corrected chi connectivity index (χ1v) is 9.17. The number of carbonyl (C=O) groups excluding carboxylic acids is 2. The predicted octanol–water partition coefficient (Wildman–Crippen LogP) is 0.675. The van der Waals surface area contributed by atoms with Crippen molar-refractivity contribution in [3.05, 3.63) is 23.8 Å². The molecule has 7 nitrogen and oxygen atoms in total. The zero-order chi connectivity index (χ0) is 17.2. The van der Waals surface area contributed by atoms with Gasteiger partial charge in [0, 0.05) is 12.6 Å². The van der Waals surface area contributed by atoms with Crippen LogP contribution in [0.15, 0.2) is 18.2 Å². The van der Waals surface area contributed by atoms with E-state index < -0.39 is 27.7 Å². The lowest BCUT2D eigenvalue weighted by Crippen LogP contribution is -2.46. The standard InChI is InChI=1S/C15H20N2O5S/c1-3-17(11-6-7-23(21,22)9-11)15(20)14(19)16-12-5-4-10(2)8-13(12)18/h4-5,8,11,18H,3,6-7,9H2,1-2H3,(H,16,19). The van der Waals surface area contributed by atoms with Gasteiger partial charge in [0.05, 0.1) is 17.2 Å². The first-order chi connectivity index (χ1) is 10.7. The third-order valence-electron chi connectivity index (χ3n) is 3.85. The monoisotopic (exact) mass is 340 g/mol. The maximum atomic E-state index is 12.3. The topological polar surface area (TPSA) is 104 Å². The summed E-state index contributed by atoms with van der Waals surface area (Å²) in [7, 11) is -3.15. The number of phenolic OH excluding ortho intramolecular Hbond substituents is 1. The van der Waals surface area contributed by atoms with E-state index in [0.717, 1.165) is 5.56 Å². The Morgan fingerprint density at radius 1 is 1.39 bits per heavy atom. The molecule has 126 valence electrons. The van der Waals surface area contributed by atoms with E-state index >= 15 is 0 Å². The first-order valence-electron chi connectivity index (χ1n) is 7.35. The van der Waals surface area contributed by atoms with E-state index in [4.69, 9.17) is 0 Å². The molecule has 2 amide bonds. The Kier molecular flexibility index (Phi) is 4.93. The van der Waals surface area contributed by atoms with Crippen molar-refractivity contribution in [2.75, 3.05) is 23.4 Å². The highest BCUT2D eigenvalue weighted by Gasteiger charge is 2.36. The molecule has 1 aliphatic rings. The van der Waals surface area contributed by atoms with Gasteiger partial charge in [-0.05, 0) is 38.0 Å². The molecule has 0 radical (unpaired) electrons. The molecule has 0 saturated carbocycles. The zero-order valence-corrected chi connectivity index (χ0v) is 13.9. The number of rotatable bonds is 3. The number of phenols is 1. The number of nitrogens with one attached hydrogen (secondary N) is 1. The number of hydrogen-bond acceptors (Lipinski definition) is 5. The molecule has 8 heteroatoms. The van der Waals surface area contributed by atoms with Crippen LogP contribution in [0.2, 0.25) is 0 Å². The Bertz CT molecular complexity index is 729. The molecule has 2 N–H and O–H groups in total. The van der Waals surface area contributed by atoms with Crippen molar-refractivity contribution in [2.24, 2.45) is 0 Å². The van der Waals surface area contributed by atoms with Crippen molar-refractivity contribution in [3.63, 3.8) is 0 Å². The Hall–Kier alpha value is -2.09. The van der Waals surface area contributed by atoms with Crippen LogP contribution in [0.1, 0.15) is 18.9 Å². The second-order valence-corrected chi connectivity index (χ2v) is 7.85. The summed E-state index contributed by atoms with van der Waals surface area (Å²) in [4.78, 5) is 25.7. The minimum atomic E-state index is -3.15. The maximum absolute atomic E-state index is 12.3. The number of carbonyl (C=O) groups is 2. The van der Waals surface area contributed by atoms with Gasteiger partial charge in [0.15, 0.2) is 9.84 Å². The summed E-state index contributed by atoms with van der Waals surface area (Å²) in [6, 6.07) is 4.20. The SMILES string of the molecule is CCN(C(=O)C(=O)Nc1ccc(C)cc1O)C1CCS(=O)(=O)C1. The summed E-state index contributed by atoms with van der Waals surface area (Å²) >= 11 is 0. The predicted molar refractivity (Wildman–Crippen MR) is 85.9 cm³/mol. The summed E-state index contributed by atoms with van der Waals surface area (Å²) < 4.78 is 23.1. The van der Waals surface area contributed by atoms with E-state index in [2.05, 4.69) is 5.32 Å². The van der Waals surface area contributed by atoms with Crippen LogP contribution in [0.4, 0.5) is 5.69 Å². The molecule has 1 atom stereocenters. The van der Waals surface area contributed by atoms with Gasteiger partial charge in [-0.3, -0.25) is 9.59 Å². The van der Waals surface area contributed by atoms with Crippen molar-refractivity contribution < 1.29 is 23.1 Å². The fourth-order valence-electron chi connectivity index (χ4n) is 2.64. The molecule has 1 unspecified atom stereocenters. The van der Waals surface area contributed by atoms with Gasteiger partial charge in [0.2, 0.25) is 0 Å². The number of aromatic hydroxyl groups is 1. The Morgan fingerprint density at radius 2 is 2.09 bits per heavy atom. The quantitative estimate of drug-likeness (QED) is 0.622. The Balaban J connectivity index is 2.10. The van der Waals surface area contributed by atoms with E-state index in [0.29, 0.717) is 6.42 Å². The van der Waals surface area contributed by atoms with Crippen LogP contribution in [-0.2, 0) is 19.4 Å². The lowest BCUT2D eigenvalue weighted by molar-refractivity contribution is -0.144.